The van der Waals surface area contributed by atoms with Crippen LogP contribution in [0.4, 0.5) is 0 Å². The Balaban J connectivity index is 1.77. The van der Waals surface area contributed by atoms with Crippen LogP contribution in [0, 0.1) is 13.8 Å². The first-order chi connectivity index (χ1) is 18.6. The van der Waals surface area contributed by atoms with E-state index in [1.807, 2.05) is 0 Å². The molecular weight excluding hydrogens is 528 g/mol. The van der Waals surface area contributed by atoms with Crippen LogP contribution in [0.1, 0.15) is 23.2 Å². The van der Waals surface area contributed by atoms with Crippen molar-refractivity contribution < 1.29 is 0 Å². The van der Waals surface area contributed by atoms with Crippen molar-refractivity contribution in [2.24, 2.45) is 0 Å². The van der Waals surface area contributed by atoms with Crippen LogP contribution in [0.3, 0.4) is 0 Å². The highest BCUT2D eigenvalue weighted by atomic mass is 79.9. The lowest BCUT2D eigenvalue weighted by Crippen LogP contribution is -2.01. The van der Waals surface area contributed by atoms with Crippen LogP contribution in [0.15, 0.2) is 108 Å². The highest BCUT2D eigenvalue weighted by Gasteiger charge is 2.22. The number of pyridine rings is 2. The highest BCUT2D eigenvalue weighted by Crippen LogP contribution is 2.45. The molecule has 0 saturated heterocycles. The smallest absolute Gasteiger partial charge is 0.0791 e. The lowest BCUT2D eigenvalue weighted by atomic mass is 9.85. The fourth-order valence-electron chi connectivity index (χ4n) is 6.00. The molecule has 7 rings (SSSR count). The molecule has 2 aromatic heterocycles. The summed E-state index contributed by atoms with van der Waals surface area (Å²) < 4.78 is 1.03. The Morgan fingerprint density at radius 2 is 1.32 bits per heavy atom. The number of para-hydroxylation sites is 1. The van der Waals surface area contributed by atoms with Gasteiger partial charge in [-0.1, -0.05) is 101 Å². The normalized spacial score (nSPS) is 13.5. The summed E-state index contributed by atoms with van der Waals surface area (Å²) >= 11 is 3.68. The average Bonchev–Trinajstić information content (AvgIpc) is 3.24. The summed E-state index contributed by atoms with van der Waals surface area (Å²) in [5, 5.41) is 7.32. The highest BCUT2D eigenvalue weighted by molar-refractivity contribution is 9.10. The van der Waals surface area contributed by atoms with Gasteiger partial charge in [-0.2, -0.15) is 0 Å². The van der Waals surface area contributed by atoms with Gasteiger partial charge in [0.1, 0.15) is 0 Å². The number of rotatable bonds is 2. The SMILES string of the molecule is Cc1c2c(-c3ccccc3)nc3cc(Br)ccc3c2c(C)c2c(C3=CC=CC=CC3)nc3ccccc3c12. The Morgan fingerprint density at radius 1 is 0.632 bits per heavy atom. The third-order valence-electron chi connectivity index (χ3n) is 7.69. The van der Waals surface area contributed by atoms with Crippen LogP contribution >= 0.6 is 15.9 Å². The van der Waals surface area contributed by atoms with Gasteiger partial charge in [0.2, 0.25) is 0 Å². The third kappa shape index (κ3) is 3.53. The lowest BCUT2D eigenvalue weighted by Gasteiger charge is -2.21. The van der Waals surface area contributed by atoms with Crippen LogP contribution in [0.25, 0.3) is 60.2 Å². The van der Waals surface area contributed by atoms with Gasteiger partial charge in [0.25, 0.3) is 0 Å². The van der Waals surface area contributed by atoms with Crippen LogP contribution in [-0.4, -0.2) is 9.97 Å². The number of hydrogen-bond acceptors (Lipinski definition) is 2. The molecule has 1 aliphatic rings. The average molecular weight is 554 g/mol. The fourth-order valence-corrected chi connectivity index (χ4v) is 6.35. The summed E-state index contributed by atoms with van der Waals surface area (Å²) in [6.07, 6.45) is 11.6. The molecule has 4 aromatic carbocycles. The van der Waals surface area contributed by atoms with E-state index in [9.17, 15) is 0 Å². The summed E-state index contributed by atoms with van der Waals surface area (Å²) in [6, 6.07) is 25.6. The van der Waals surface area contributed by atoms with Gasteiger partial charge in [-0.05, 0) is 65.9 Å². The second kappa shape index (κ2) is 9.04. The zero-order chi connectivity index (χ0) is 25.8. The van der Waals surface area contributed by atoms with Gasteiger partial charge >= 0.3 is 0 Å². The Kier molecular flexibility index (Phi) is 5.49. The molecule has 0 radical (unpaired) electrons. The van der Waals surface area contributed by atoms with Gasteiger partial charge in [0.15, 0.2) is 0 Å². The van der Waals surface area contributed by atoms with E-state index in [-0.39, 0.29) is 0 Å². The molecule has 3 heteroatoms. The van der Waals surface area contributed by atoms with E-state index in [0.717, 1.165) is 38.9 Å². The van der Waals surface area contributed by atoms with Crippen molar-refractivity contribution in [3.05, 3.63) is 124 Å². The van der Waals surface area contributed by atoms with Crippen molar-refractivity contribution in [3.63, 3.8) is 0 Å². The predicted octanol–water partition coefficient (Wildman–Crippen LogP) is 10.0. The van der Waals surface area contributed by atoms with E-state index < -0.39 is 0 Å². The summed E-state index contributed by atoms with van der Waals surface area (Å²) in [7, 11) is 0. The number of aromatic nitrogens is 2. The van der Waals surface area contributed by atoms with Gasteiger partial charge in [0, 0.05) is 31.6 Å². The van der Waals surface area contributed by atoms with E-state index >= 15 is 0 Å². The summed E-state index contributed by atoms with van der Waals surface area (Å²) in [5.74, 6) is 0. The molecule has 0 spiro atoms. The third-order valence-corrected chi connectivity index (χ3v) is 8.18. The minimum atomic E-state index is 0.850. The van der Waals surface area contributed by atoms with Crippen molar-refractivity contribution in [3.8, 4) is 11.3 Å². The molecule has 0 fully saturated rings. The first kappa shape index (κ1) is 23.1. The van der Waals surface area contributed by atoms with E-state index in [1.54, 1.807) is 0 Å². The van der Waals surface area contributed by atoms with E-state index in [2.05, 4.69) is 133 Å². The molecule has 2 nitrogen and oxygen atoms in total. The van der Waals surface area contributed by atoms with Crippen molar-refractivity contribution in [1.29, 1.82) is 0 Å². The Bertz CT molecular complexity index is 2010. The standard InChI is InChI=1S/C35H25BrN2/c1-21-30-26-16-10-11-17-28(26)37-34(23-12-6-3-4-7-13-23)32(30)22(2)31-27-19-18-25(36)20-29(27)38-35(33(21)31)24-14-8-5-9-15-24/h3-12,14-20H,13H2,1-2H3. The van der Waals surface area contributed by atoms with Crippen LogP contribution in [0.5, 0.6) is 0 Å². The maximum atomic E-state index is 5.29. The number of fused-ring (bicyclic) bond motifs is 6. The van der Waals surface area contributed by atoms with Gasteiger partial charge < -0.3 is 0 Å². The Morgan fingerprint density at radius 3 is 2.13 bits per heavy atom. The van der Waals surface area contributed by atoms with Gasteiger partial charge in [-0.3, -0.25) is 0 Å². The summed E-state index contributed by atoms with van der Waals surface area (Å²) in [5.41, 5.74) is 8.96. The quantitative estimate of drug-likeness (QED) is 0.158. The molecule has 0 saturated carbocycles. The van der Waals surface area contributed by atoms with Crippen LogP contribution in [0.2, 0.25) is 0 Å². The van der Waals surface area contributed by atoms with Gasteiger partial charge in [0.05, 0.1) is 22.4 Å². The molecule has 0 atom stereocenters. The summed E-state index contributed by atoms with van der Waals surface area (Å²) in [4.78, 5) is 10.6. The van der Waals surface area contributed by atoms with Crippen LogP contribution in [-0.2, 0) is 0 Å². The number of halogens is 1. The zero-order valence-corrected chi connectivity index (χ0v) is 22.9. The maximum Gasteiger partial charge on any atom is 0.0791 e. The maximum absolute atomic E-state index is 5.29. The molecule has 2 heterocycles. The minimum Gasteiger partial charge on any atom is -0.247 e. The van der Waals surface area contributed by atoms with Crippen molar-refractivity contribution >= 4 is 64.9 Å². The molecule has 0 N–H and O–H groups in total. The number of benzene rings is 4. The molecule has 6 aromatic rings. The van der Waals surface area contributed by atoms with E-state index in [0.29, 0.717) is 0 Å². The number of allylic oxidation sites excluding steroid dienone is 6. The van der Waals surface area contributed by atoms with Gasteiger partial charge in [-0.15, -0.1) is 0 Å². The number of aryl methyl sites for hydroxylation is 2. The van der Waals surface area contributed by atoms with Crippen LogP contribution < -0.4 is 0 Å². The van der Waals surface area contributed by atoms with Crippen molar-refractivity contribution in [2.45, 2.75) is 20.3 Å². The second-order valence-corrected chi connectivity index (χ2v) is 10.8. The monoisotopic (exact) mass is 552 g/mol. The molecule has 38 heavy (non-hydrogen) atoms. The molecule has 182 valence electrons. The first-order valence-electron chi connectivity index (χ1n) is 12.9. The first-order valence-corrected chi connectivity index (χ1v) is 13.7. The Hall–Kier alpha value is -4.08. The molecular formula is C35H25BrN2. The predicted molar refractivity (Wildman–Crippen MR) is 166 cm³/mol. The molecule has 1 aliphatic carbocycles. The zero-order valence-electron chi connectivity index (χ0n) is 21.3. The largest absolute Gasteiger partial charge is 0.247 e. The topological polar surface area (TPSA) is 25.8 Å². The molecule has 0 unspecified atom stereocenters. The lowest BCUT2D eigenvalue weighted by molar-refractivity contribution is 1.30. The number of nitrogens with zero attached hydrogens (tertiary/aromatic N) is 2. The molecule has 0 amide bonds. The fraction of sp³-hybridized carbons (Fsp3) is 0.0857. The Labute approximate surface area is 230 Å². The van der Waals surface area contributed by atoms with Crippen molar-refractivity contribution in [2.75, 3.05) is 0 Å². The number of hydrogen-bond donors (Lipinski definition) is 0. The molecule has 0 aliphatic heterocycles. The van der Waals surface area contributed by atoms with E-state index in [4.69, 9.17) is 9.97 Å². The second-order valence-electron chi connectivity index (χ2n) is 9.92. The van der Waals surface area contributed by atoms with E-state index in [1.165, 1.54) is 49.0 Å². The van der Waals surface area contributed by atoms with Gasteiger partial charge in [-0.25, -0.2) is 9.97 Å². The summed E-state index contributed by atoms with van der Waals surface area (Å²) in [6.45, 7) is 4.53. The van der Waals surface area contributed by atoms with Crippen molar-refractivity contribution in [1.82, 2.24) is 9.97 Å². The molecule has 0 bridgehead atoms. The minimum absolute atomic E-state index is 0.850.